The van der Waals surface area contributed by atoms with E-state index in [0.717, 1.165) is 108 Å². The summed E-state index contributed by atoms with van der Waals surface area (Å²) in [5.41, 5.74) is 1.70. The third kappa shape index (κ3) is 7.25. The van der Waals surface area contributed by atoms with E-state index in [0.29, 0.717) is 13.2 Å². The van der Waals surface area contributed by atoms with Gasteiger partial charge in [-0.1, -0.05) is 42.3 Å². The number of para-hydroxylation sites is 4. The predicted molar refractivity (Wildman–Crippen MR) is 174 cm³/mol. The third-order valence-electron chi connectivity index (χ3n) is 8.85. The zero-order chi connectivity index (χ0) is 30.3. The van der Waals surface area contributed by atoms with Gasteiger partial charge < -0.3 is 24.0 Å². The number of methoxy groups -OCH3 is 1. The molecule has 0 saturated carbocycles. The van der Waals surface area contributed by atoms with Crippen molar-refractivity contribution in [3.8, 4) is 17.2 Å². The van der Waals surface area contributed by atoms with Crippen LogP contribution in [0.2, 0.25) is 5.02 Å². The van der Waals surface area contributed by atoms with Gasteiger partial charge in [0.2, 0.25) is 0 Å². The standard InChI is InChI=1S/C33H43ClN6O4/c1-42-29-10-4-3-9-27(29)38-19-15-36(16-20-38)13-7-2-8-14-40-33(41)32(34)28(23-35-40)39-21-17-37(18-22-39)24-26-25-43-30-11-5-6-12-31(30)44-26/h3-6,9-12,23,26H,2,7-8,13-22,24-25H2,1H3. The minimum Gasteiger partial charge on any atom is -0.495 e. The second kappa shape index (κ2) is 14.5. The van der Waals surface area contributed by atoms with E-state index in [1.165, 1.54) is 10.4 Å². The number of benzene rings is 2. The molecule has 236 valence electrons. The van der Waals surface area contributed by atoms with Crippen molar-refractivity contribution in [2.45, 2.75) is 31.9 Å². The Bertz CT molecular complexity index is 1440. The van der Waals surface area contributed by atoms with E-state index in [-0.39, 0.29) is 16.7 Å². The Kier molecular flexibility index (Phi) is 10.1. The maximum Gasteiger partial charge on any atom is 0.287 e. The SMILES string of the molecule is COc1ccccc1N1CCN(CCCCCn2ncc(N3CCN(CC4COc5ccccc5O4)CC3)c(Cl)c2=O)CC1. The Hall–Kier alpha value is -3.47. The number of rotatable bonds is 11. The summed E-state index contributed by atoms with van der Waals surface area (Å²) in [6.45, 7) is 10.4. The Balaban J connectivity index is 0.901. The second-order valence-corrected chi connectivity index (χ2v) is 12.1. The van der Waals surface area contributed by atoms with E-state index in [4.69, 9.17) is 25.8 Å². The third-order valence-corrected chi connectivity index (χ3v) is 9.21. The van der Waals surface area contributed by atoms with Crippen LogP contribution in [0.5, 0.6) is 17.2 Å². The summed E-state index contributed by atoms with van der Waals surface area (Å²) in [5.74, 6) is 2.55. The van der Waals surface area contributed by atoms with Crippen LogP contribution in [0.3, 0.4) is 0 Å². The highest BCUT2D eigenvalue weighted by atomic mass is 35.5. The maximum atomic E-state index is 13.0. The molecule has 44 heavy (non-hydrogen) atoms. The number of unbranched alkanes of at least 4 members (excludes halogenated alkanes) is 2. The van der Waals surface area contributed by atoms with Crippen LogP contribution in [0.25, 0.3) is 0 Å². The van der Waals surface area contributed by atoms with Crippen LogP contribution in [-0.2, 0) is 6.54 Å². The van der Waals surface area contributed by atoms with E-state index in [1.54, 1.807) is 13.3 Å². The van der Waals surface area contributed by atoms with Crippen LogP contribution in [0.15, 0.2) is 59.5 Å². The largest absolute Gasteiger partial charge is 0.495 e. The topological polar surface area (TPSA) is 75.5 Å². The molecule has 0 amide bonds. The van der Waals surface area contributed by atoms with Crippen molar-refractivity contribution in [1.82, 2.24) is 19.6 Å². The minimum atomic E-state index is -0.203. The molecule has 2 aromatic carbocycles. The molecular formula is C33H43ClN6O4. The molecule has 4 heterocycles. The lowest BCUT2D eigenvalue weighted by Gasteiger charge is -2.38. The fraction of sp³-hybridized carbons (Fsp3) is 0.515. The van der Waals surface area contributed by atoms with Crippen molar-refractivity contribution < 1.29 is 14.2 Å². The first-order valence-corrected chi connectivity index (χ1v) is 16.2. The summed E-state index contributed by atoms with van der Waals surface area (Å²) >= 11 is 6.60. The van der Waals surface area contributed by atoms with Gasteiger partial charge in [-0.05, 0) is 43.7 Å². The Morgan fingerprint density at radius 2 is 1.48 bits per heavy atom. The molecule has 1 unspecified atom stereocenters. The molecular weight excluding hydrogens is 580 g/mol. The number of fused-ring (bicyclic) bond motifs is 1. The van der Waals surface area contributed by atoms with Gasteiger partial charge in [-0.2, -0.15) is 5.10 Å². The number of ether oxygens (including phenoxy) is 3. The molecule has 11 heteroatoms. The van der Waals surface area contributed by atoms with Gasteiger partial charge >= 0.3 is 0 Å². The zero-order valence-corrected chi connectivity index (χ0v) is 26.3. The molecule has 3 aromatic rings. The van der Waals surface area contributed by atoms with E-state index >= 15 is 0 Å². The number of aromatic nitrogens is 2. The molecule has 6 rings (SSSR count). The zero-order valence-electron chi connectivity index (χ0n) is 25.6. The Morgan fingerprint density at radius 1 is 0.818 bits per heavy atom. The fourth-order valence-electron chi connectivity index (χ4n) is 6.33. The van der Waals surface area contributed by atoms with Gasteiger partial charge in [-0.3, -0.25) is 14.6 Å². The molecule has 1 aromatic heterocycles. The number of piperazine rings is 2. The minimum absolute atomic E-state index is 0.000100. The molecule has 0 spiro atoms. The van der Waals surface area contributed by atoms with E-state index in [9.17, 15) is 4.79 Å². The molecule has 2 fully saturated rings. The lowest BCUT2D eigenvalue weighted by atomic mass is 10.2. The van der Waals surface area contributed by atoms with Crippen molar-refractivity contribution in [3.63, 3.8) is 0 Å². The van der Waals surface area contributed by atoms with Crippen molar-refractivity contribution in [3.05, 3.63) is 70.1 Å². The van der Waals surface area contributed by atoms with E-state index in [1.807, 2.05) is 36.4 Å². The van der Waals surface area contributed by atoms with Crippen molar-refractivity contribution >= 4 is 23.0 Å². The molecule has 3 aliphatic rings. The number of nitrogens with zero attached hydrogens (tertiary/aromatic N) is 6. The van der Waals surface area contributed by atoms with Crippen LogP contribution >= 0.6 is 11.6 Å². The first-order chi connectivity index (χ1) is 21.6. The average Bonchev–Trinajstić information content (AvgIpc) is 3.07. The van der Waals surface area contributed by atoms with Crippen LogP contribution in [-0.4, -0.2) is 105 Å². The average molecular weight is 623 g/mol. The highest BCUT2D eigenvalue weighted by molar-refractivity contribution is 6.33. The van der Waals surface area contributed by atoms with Crippen molar-refractivity contribution in [2.75, 3.05) is 89.0 Å². The van der Waals surface area contributed by atoms with Gasteiger partial charge in [0.15, 0.2) is 11.5 Å². The number of aryl methyl sites for hydroxylation is 1. The van der Waals surface area contributed by atoms with Gasteiger partial charge in [-0.25, -0.2) is 4.68 Å². The fourth-order valence-corrected chi connectivity index (χ4v) is 6.59. The number of halogens is 1. The predicted octanol–water partition coefficient (Wildman–Crippen LogP) is 3.86. The van der Waals surface area contributed by atoms with Gasteiger partial charge in [0.25, 0.3) is 5.56 Å². The van der Waals surface area contributed by atoms with Crippen LogP contribution in [0.4, 0.5) is 11.4 Å². The second-order valence-electron chi connectivity index (χ2n) is 11.7. The van der Waals surface area contributed by atoms with Crippen LogP contribution in [0.1, 0.15) is 19.3 Å². The first-order valence-electron chi connectivity index (χ1n) is 15.8. The summed E-state index contributed by atoms with van der Waals surface area (Å²) < 4.78 is 19.1. The first kappa shape index (κ1) is 30.6. The van der Waals surface area contributed by atoms with E-state index < -0.39 is 0 Å². The van der Waals surface area contributed by atoms with Gasteiger partial charge in [0, 0.05) is 65.4 Å². The summed E-state index contributed by atoms with van der Waals surface area (Å²) in [6, 6.07) is 16.0. The molecule has 10 nitrogen and oxygen atoms in total. The van der Waals surface area contributed by atoms with Crippen LogP contribution in [0, 0.1) is 0 Å². The lowest BCUT2D eigenvalue weighted by Crippen LogP contribution is -2.51. The quantitative estimate of drug-likeness (QED) is 0.296. The maximum absolute atomic E-state index is 13.0. The van der Waals surface area contributed by atoms with Crippen LogP contribution < -0.4 is 29.6 Å². The van der Waals surface area contributed by atoms with Gasteiger partial charge in [-0.15, -0.1) is 0 Å². The lowest BCUT2D eigenvalue weighted by molar-refractivity contribution is 0.0571. The van der Waals surface area contributed by atoms with E-state index in [2.05, 4.69) is 36.8 Å². The summed E-state index contributed by atoms with van der Waals surface area (Å²) in [6.07, 6.45) is 4.81. The molecule has 0 bridgehead atoms. The number of hydrogen-bond donors (Lipinski definition) is 0. The summed E-state index contributed by atoms with van der Waals surface area (Å²) in [7, 11) is 1.73. The molecule has 0 N–H and O–H groups in total. The van der Waals surface area contributed by atoms with Crippen molar-refractivity contribution in [1.29, 1.82) is 0 Å². The molecule has 2 saturated heterocycles. The molecule has 0 radical (unpaired) electrons. The normalized spacial score (nSPS) is 19.3. The number of hydrogen-bond acceptors (Lipinski definition) is 9. The smallest absolute Gasteiger partial charge is 0.287 e. The Labute approximate surface area is 264 Å². The number of anilines is 2. The monoisotopic (exact) mass is 622 g/mol. The highest BCUT2D eigenvalue weighted by Gasteiger charge is 2.27. The van der Waals surface area contributed by atoms with Gasteiger partial charge in [0.05, 0.1) is 24.7 Å². The molecule has 0 aliphatic carbocycles. The summed E-state index contributed by atoms with van der Waals surface area (Å²) in [4.78, 5) is 22.5. The summed E-state index contributed by atoms with van der Waals surface area (Å²) in [5, 5.41) is 4.75. The highest BCUT2D eigenvalue weighted by Crippen LogP contribution is 2.31. The Morgan fingerprint density at radius 3 is 2.25 bits per heavy atom. The molecule has 1 atom stereocenters. The van der Waals surface area contributed by atoms with Crippen molar-refractivity contribution in [2.24, 2.45) is 0 Å². The molecule has 3 aliphatic heterocycles. The van der Waals surface area contributed by atoms with Gasteiger partial charge in [0.1, 0.15) is 23.5 Å².